The summed E-state index contributed by atoms with van der Waals surface area (Å²) in [6, 6.07) is 8.10. The van der Waals surface area contributed by atoms with Crippen molar-refractivity contribution in [2.24, 2.45) is 12.0 Å². The molecule has 2 aliphatic heterocycles. The van der Waals surface area contributed by atoms with E-state index in [1.165, 1.54) is 0 Å². The van der Waals surface area contributed by atoms with Crippen LogP contribution in [0, 0.1) is 0 Å². The average Bonchev–Trinajstić information content (AvgIpc) is 3.29. The summed E-state index contributed by atoms with van der Waals surface area (Å²) < 4.78 is 7.11. The summed E-state index contributed by atoms with van der Waals surface area (Å²) in [5, 5.41) is 4.24. The zero-order valence-electron chi connectivity index (χ0n) is 18.7. The second-order valence-electron chi connectivity index (χ2n) is 7.99. The van der Waals surface area contributed by atoms with Crippen molar-refractivity contribution in [1.29, 1.82) is 0 Å². The van der Waals surface area contributed by atoms with Gasteiger partial charge in [-0.1, -0.05) is 18.2 Å². The Labute approximate surface area is 192 Å². The van der Waals surface area contributed by atoms with Crippen molar-refractivity contribution in [3.8, 4) is 22.5 Å². The van der Waals surface area contributed by atoms with Crippen molar-refractivity contribution in [3.05, 3.63) is 60.8 Å². The van der Waals surface area contributed by atoms with Crippen LogP contribution in [0.3, 0.4) is 0 Å². The fraction of sp³-hybridized carbons (Fsp3) is 0.292. The second-order valence-corrected chi connectivity index (χ2v) is 7.99. The summed E-state index contributed by atoms with van der Waals surface area (Å²) in [5.74, 6) is 1.50. The standard InChI is InChI=1S/C24H25N7O2/c1-25-24-21(15-31(24)16-22(32)30-6-8-33-9-7-30)19-11-26-23(27-12-19)18-5-3-4-17(10-18)20-13-28-29(2)14-20/h3-5,10-15H,6-9,16H2,1-2H3/b25-24+. The molecule has 0 bridgehead atoms. The number of amidine groups is 1. The zero-order chi connectivity index (χ0) is 22.8. The van der Waals surface area contributed by atoms with Crippen LogP contribution in [-0.4, -0.2) is 81.2 Å². The second kappa shape index (κ2) is 8.95. The number of rotatable bonds is 5. The largest absolute Gasteiger partial charge is 0.378 e. The summed E-state index contributed by atoms with van der Waals surface area (Å²) >= 11 is 0. The normalized spacial score (nSPS) is 17.2. The van der Waals surface area contributed by atoms with Crippen LogP contribution in [-0.2, 0) is 16.6 Å². The van der Waals surface area contributed by atoms with Gasteiger partial charge in [-0.25, -0.2) is 9.97 Å². The van der Waals surface area contributed by atoms with Crippen molar-refractivity contribution < 1.29 is 9.53 Å². The Hall–Kier alpha value is -3.85. The summed E-state index contributed by atoms with van der Waals surface area (Å²) in [5.41, 5.74) is 4.86. The van der Waals surface area contributed by atoms with Gasteiger partial charge in [-0.15, -0.1) is 0 Å². The number of nitrogens with zero attached hydrogens (tertiary/aromatic N) is 7. The van der Waals surface area contributed by atoms with Gasteiger partial charge in [-0.2, -0.15) is 5.10 Å². The molecule has 1 amide bonds. The molecule has 0 aliphatic carbocycles. The number of aromatic nitrogens is 4. The van der Waals surface area contributed by atoms with Crippen molar-refractivity contribution in [2.45, 2.75) is 0 Å². The number of carbonyl (C=O) groups is 1. The Morgan fingerprint density at radius 2 is 1.82 bits per heavy atom. The van der Waals surface area contributed by atoms with E-state index in [2.05, 4.69) is 26.1 Å². The molecular formula is C24H25N7O2. The molecule has 2 aromatic heterocycles. The molecule has 0 radical (unpaired) electrons. The molecular weight excluding hydrogens is 418 g/mol. The van der Waals surface area contributed by atoms with E-state index in [4.69, 9.17) is 4.74 Å². The van der Waals surface area contributed by atoms with Gasteiger partial charge < -0.3 is 14.5 Å². The van der Waals surface area contributed by atoms with E-state index in [0.29, 0.717) is 32.1 Å². The van der Waals surface area contributed by atoms with Crippen molar-refractivity contribution in [3.63, 3.8) is 0 Å². The maximum Gasteiger partial charge on any atom is 0.242 e. The Morgan fingerprint density at radius 1 is 1.06 bits per heavy atom. The first-order valence-electron chi connectivity index (χ1n) is 10.9. The van der Waals surface area contributed by atoms with Crippen LogP contribution in [0.2, 0.25) is 0 Å². The Bertz CT molecular complexity index is 1220. The minimum atomic E-state index is 0.0786. The molecule has 0 atom stereocenters. The molecule has 2 aliphatic rings. The van der Waals surface area contributed by atoms with Gasteiger partial charge in [-0.05, 0) is 11.6 Å². The highest BCUT2D eigenvalue weighted by Gasteiger charge is 2.29. The third-order valence-corrected chi connectivity index (χ3v) is 5.80. The fourth-order valence-corrected chi connectivity index (χ4v) is 4.02. The predicted molar refractivity (Wildman–Crippen MR) is 125 cm³/mol. The van der Waals surface area contributed by atoms with E-state index in [0.717, 1.165) is 33.7 Å². The number of hydrogen-bond acceptors (Lipinski definition) is 6. The molecule has 3 aromatic rings. The number of hydrogen-bond donors (Lipinski definition) is 0. The van der Waals surface area contributed by atoms with Gasteiger partial charge in [0, 0.05) is 74.2 Å². The van der Waals surface area contributed by atoms with E-state index >= 15 is 0 Å². The maximum atomic E-state index is 12.6. The SMILES string of the molecule is C/N=C1\C(c2cnc(-c3cccc(-c4cnn(C)c4)c3)nc2)=CN1CC(=O)N1CCOCC1. The van der Waals surface area contributed by atoms with E-state index in [9.17, 15) is 4.79 Å². The lowest BCUT2D eigenvalue weighted by Gasteiger charge is -2.35. The quantitative estimate of drug-likeness (QED) is 0.600. The number of aliphatic imine (C=N–C) groups is 1. The van der Waals surface area contributed by atoms with Gasteiger partial charge >= 0.3 is 0 Å². The predicted octanol–water partition coefficient (Wildman–Crippen LogP) is 2.09. The minimum Gasteiger partial charge on any atom is -0.378 e. The molecule has 1 saturated heterocycles. The van der Waals surface area contributed by atoms with Gasteiger partial charge in [-0.3, -0.25) is 14.5 Å². The molecule has 5 rings (SSSR count). The van der Waals surface area contributed by atoms with Gasteiger partial charge in [0.1, 0.15) is 12.4 Å². The summed E-state index contributed by atoms with van der Waals surface area (Å²) in [4.78, 5) is 29.8. The topological polar surface area (TPSA) is 88.7 Å². The van der Waals surface area contributed by atoms with Crippen LogP contribution in [0.4, 0.5) is 0 Å². The number of ether oxygens (including phenoxy) is 1. The van der Waals surface area contributed by atoms with Crippen LogP contribution >= 0.6 is 0 Å². The van der Waals surface area contributed by atoms with E-state index in [1.807, 2.05) is 53.6 Å². The first kappa shape index (κ1) is 21.0. The first-order valence-corrected chi connectivity index (χ1v) is 10.9. The maximum absolute atomic E-state index is 12.6. The van der Waals surface area contributed by atoms with E-state index in [-0.39, 0.29) is 12.5 Å². The van der Waals surface area contributed by atoms with Crippen LogP contribution in [0.1, 0.15) is 5.56 Å². The Kier molecular flexibility index (Phi) is 5.70. The Balaban J connectivity index is 1.30. The molecule has 0 spiro atoms. The molecule has 33 heavy (non-hydrogen) atoms. The minimum absolute atomic E-state index is 0.0786. The summed E-state index contributed by atoms with van der Waals surface area (Å²) in [7, 11) is 3.63. The summed E-state index contributed by atoms with van der Waals surface area (Å²) in [6.07, 6.45) is 9.36. The molecule has 9 nitrogen and oxygen atoms in total. The molecule has 0 N–H and O–H groups in total. The van der Waals surface area contributed by atoms with Crippen LogP contribution in [0.25, 0.3) is 28.1 Å². The van der Waals surface area contributed by atoms with Crippen LogP contribution in [0.15, 0.2) is 60.2 Å². The third kappa shape index (κ3) is 4.27. The van der Waals surface area contributed by atoms with Crippen molar-refractivity contribution in [1.82, 2.24) is 29.5 Å². The third-order valence-electron chi connectivity index (χ3n) is 5.80. The number of morpholine rings is 1. The fourth-order valence-electron chi connectivity index (χ4n) is 4.02. The van der Waals surface area contributed by atoms with Crippen molar-refractivity contribution in [2.75, 3.05) is 39.9 Å². The lowest BCUT2D eigenvalue weighted by atomic mass is 10.0. The summed E-state index contributed by atoms with van der Waals surface area (Å²) in [6.45, 7) is 2.74. The lowest BCUT2D eigenvalue weighted by Crippen LogP contribution is -2.48. The number of amides is 1. The van der Waals surface area contributed by atoms with E-state index in [1.54, 1.807) is 24.1 Å². The molecule has 1 aromatic carbocycles. The van der Waals surface area contributed by atoms with Gasteiger partial charge in [0.05, 0.1) is 19.4 Å². The highest BCUT2D eigenvalue weighted by Crippen LogP contribution is 2.28. The van der Waals surface area contributed by atoms with Crippen LogP contribution in [0.5, 0.6) is 0 Å². The van der Waals surface area contributed by atoms with Crippen molar-refractivity contribution >= 4 is 17.3 Å². The van der Waals surface area contributed by atoms with Gasteiger partial charge in [0.15, 0.2) is 5.82 Å². The molecule has 4 heterocycles. The number of benzene rings is 1. The molecule has 9 heteroatoms. The average molecular weight is 444 g/mol. The monoisotopic (exact) mass is 443 g/mol. The lowest BCUT2D eigenvalue weighted by molar-refractivity contribution is -0.135. The zero-order valence-corrected chi connectivity index (χ0v) is 18.7. The van der Waals surface area contributed by atoms with Gasteiger partial charge in [0.25, 0.3) is 0 Å². The smallest absolute Gasteiger partial charge is 0.242 e. The van der Waals surface area contributed by atoms with E-state index < -0.39 is 0 Å². The van der Waals surface area contributed by atoms with Gasteiger partial charge in [0.2, 0.25) is 5.91 Å². The molecule has 0 unspecified atom stereocenters. The highest BCUT2D eigenvalue weighted by atomic mass is 16.5. The molecule has 1 fully saturated rings. The van der Waals surface area contributed by atoms with Crippen LogP contribution < -0.4 is 0 Å². The number of carbonyl (C=O) groups excluding carboxylic acids is 1. The highest BCUT2D eigenvalue weighted by molar-refractivity contribution is 6.28. The number of aryl methyl sites for hydroxylation is 1. The first-order chi connectivity index (χ1) is 16.1. The molecule has 0 saturated carbocycles. The Morgan fingerprint density at radius 3 is 2.52 bits per heavy atom. The molecule has 168 valence electrons.